The van der Waals surface area contributed by atoms with Gasteiger partial charge in [-0.25, -0.2) is 4.79 Å². The molecule has 7 nitrogen and oxygen atoms in total. The predicted octanol–water partition coefficient (Wildman–Crippen LogP) is 2.87. The lowest BCUT2D eigenvalue weighted by atomic mass is 10.2. The molecule has 0 spiro atoms. The van der Waals surface area contributed by atoms with Gasteiger partial charge in [-0.1, -0.05) is 6.07 Å². The Morgan fingerprint density at radius 1 is 1.28 bits per heavy atom. The Balaban J connectivity index is 1.79. The lowest BCUT2D eigenvalue weighted by Crippen LogP contribution is -2.30. The van der Waals surface area contributed by atoms with Crippen molar-refractivity contribution in [1.29, 1.82) is 0 Å². The van der Waals surface area contributed by atoms with Gasteiger partial charge in [0, 0.05) is 30.1 Å². The van der Waals surface area contributed by atoms with Crippen molar-refractivity contribution in [1.82, 2.24) is 4.90 Å². The number of likely N-dealkylation sites (N-methyl/N-ethyl adjacent to an activating group) is 1. The molecule has 1 amide bonds. The van der Waals surface area contributed by atoms with Crippen molar-refractivity contribution >= 4 is 35.0 Å². The molecule has 25 heavy (non-hydrogen) atoms. The predicted molar refractivity (Wildman–Crippen MR) is 93.9 cm³/mol. The Kier molecular flexibility index (Phi) is 6.41. The Morgan fingerprint density at radius 3 is 2.60 bits per heavy atom. The van der Waals surface area contributed by atoms with Crippen LogP contribution in [0, 0.1) is 10.1 Å². The third-order valence-corrected chi connectivity index (χ3v) is 4.11. The normalized spacial score (nSPS) is 10.6. The van der Waals surface area contributed by atoms with Gasteiger partial charge < -0.3 is 9.64 Å². The molecule has 0 saturated heterocycles. The fourth-order valence-corrected chi connectivity index (χ4v) is 2.64. The molecule has 0 radical (unpaired) electrons. The van der Waals surface area contributed by atoms with Crippen molar-refractivity contribution in [2.75, 3.05) is 13.7 Å². The minimum Gasteiger partial charge on any atom is -0.452 e. The smallest absolute Gasteiger partial charge is 0.331 e. The summed E-state index contributed by atoms with van der Waals surface area (Å²) in [5.41, 5.74) is 0.586. The van der Waals surface area contributed by atoms with Gasteiger partial charge in [0.25, 0.3) is 11.6 Å². The second-order valence-electron chi connectivity index (χ2n) is 5.12. The van der Waals surface area contributed by atoms with Crippen LogP contribution in [0.4, 0.5) is 5.69 Å². The van der Waals surface area contributed by atoms with Crippen LogP contribution in [0.25, 0.3) is 6.08 Å². The number of carbonyl (C=O) groups is 2. The first-order valence-corrected chi connectivity index (χ1v) is 8.19. The average molecular weight is 360 g/mol. The third kappa shape index (κ3) is 5.85. The minimum atomic E-state index is -0.656. The Labute approximate surface area is 148 Å². The number of nitro benzene ring substituents is 1. The molecular formula is C17H16N2O5S. The first kappa shape index (κ1) is 18.3. The highest BCUT2D eigenvalue weighted by Gasteiger charge is 2.11. The van der Waals surface area contributed by atoms with Gasteiger partial charge in [0.15, 0.2) is 6.61 Å². The fraction of sp³-hybridized carbons (Fsp3) is 0.176. The maximum absolute atomic E-state index is 11.9. The number of hydrogen-bond acceptors (Lipinski definition) is 6. The number of hydrogen-bond donors (Lipinski definition) is 0. The van der Waals surface area contributed by atoms with E-state index in [0.29, 0.717) is 12.1 Å². The van der Waals surface area contributed by atoms with Crippen LogP contribution in [-0.4, -0.2) is 35.4 Å². The van der Waals surface area contributed by atoms with E-state index in [1.54, 1.807) is 18.4 Å². The number of ether oxygens (including phenoxy) is 1. The van der Waals surface area contributed by atoms with E-state index in [4.69, 9.17) is 4.74 Å². The van der Waals surface area contributed by atoms with Crippen molar-refractivity contribution in [3.8, 4) is 0 Å². The van der Waals surface area contributed by atoms with Crippen molar-refractivity contribution in [3.05, 3.63) is 68.4 Å². The SMILES string of the molecule is CN(Cc1cccs1)C(=O)COC(=O)/C=C/c1ccc([N+](=O)[O-])cc1. The topological polar surface area (TPSA) is 89.8 Å². The van der Waals surface area contributed by atoms with Gasteiger partial charge in [-0.15, -0.1) is 11.3 Å². The number of non-ortho nitro benzene ring substituents is 1. The monoisotopic (exact) mass is 360 g/mol. The highest BCUT2D eigenvalue weighted by Crippen LogP contribution is 2.13. The third-order valence-electron chi connectivity index (χ3n) is 3.25. The van der Waals surface area contributed by atoms with E-state index in [1.807, 2.05) is 17.5 Å². The number of nitrogens with zero attached hydrogens (tertiary/aromatic N) is 2. The highest BCUT2D eigenvalue weighted by molar-refractivity contribution is 7.09. The van der Waals surface area contributed by atoms with Crippen LogP contribution in [0.15, 0.2) is 47.9 Å². The molecule has 0 bridgehead atoms. The molecule has 0 aliphatic carbocycles. The van der Waals surface area contributed by atoms with Crippen molar-refractivity contribution < 1.29 is 19.2 Å². The average Bonchev–Trinajstić information content (AvgIpc) is 3.11. The van der Waals surface area contributed by atoms with Crippen LogP contribution in [0.1, 0.15) is 10.4 Å². The Morgan fingerprint density at radius 2 is 2.00 bits per heavy atom. The number of nitro groups is 1. The molecule has 2 rings (SSSR count). The second-order valence-corrected chi connectivity index (χ2v) is 6.15. The molecule has 8 heteroatoms. The number of carbonyl (C=O) groups excluding carboxylic acids is 2. The quantitative estimate of drug-likeness (QED) is 0.328. The first-order valence-electron chi connectivity index (χ1n) is 7.31. The van der Waals surface area contributed by atoms with E-state index in [-0.39, 0.29) is 18.2 Å². The van der Waals surface area contributed by atoms with Gasteiger partial charge in [-0.05, 0) is 35.2 Å². The zero-order valence-electron chi connectivity index (χ0n) is 13.5. The first-order chi connectivity index (χ1) is 12.0. The molecule has 1 heterocycles. The van der Waals surface area contributed by atoms with Crippen LogP contribution in [0.2, 0.25) is 0 Å². The molecule has 0 fully saturated rings. The molecule has 0 aliphatic heterocycles. The summed E-state index contributed by atoms with van der Waals surface area (Å²) >= 11 is 1.55. The maximum Gasteiger partial charge on any atom is 0.331 e. The molecule has 0 saturated carbocycles. The summed E-state index contributed by atoms with van der Waals surface area (Å²) in [6.45, 7) is 0.123. The zero-order valence-corrected chi connectivity index (χ0v) is 14.3. The van der Waals surface area contributed by atoms with E-state index in [1.165, 1.54) is 41.3 Å². The Bertz CT molecular complexity index is 769. The van der Waals surface area contributed by atoms with Crippen molar-refractivity contribution in [2.24, 2.45) is 0 Å². The highest BCUT2D eigenvalue weighted by atomic mass is 32.1. The summed E-state index contributed by atoms with van der Waals surface area (Å²) in [5, 5.41) is 12.5. The molecule has 1 aromatic heterocycles. The Hall–Kier alpha value is -3.00. The zero-order chi connectivity index (χ0) is 18.2. The molecule has 0 atom stereocenters. The molecule has 2 aromatic rings. The van der Waals surface area contributed by atoms with Crippen molar-refractivity contribution in [2.45, 2.75) is 6.54 Å². The maximum atomic E-state index is 11.9. The minimum absolute atomic E-state index is 0.0286. The van der Waals surface area contributed by atoms with Crippen LogP contribution < -0.4 is 0 Å². The summed E-state index contributed by atoms with van der Waals surface area (Å²) in [7, 11) is 1.64. The number of thiophene rings is 1. The van der Waals surface area contributed by atoms with Crippen molar-refractivity contribution in [3.63, 3.8) is 0 Å². The van der Waals surface area contributed by atoms with E-state index in [0.717, 1.165) is 4.88 Å². The molecular weight excluding hydrogens is 344 g/mol. The van der Waals surface area contributed by atoms with Gasteiger partial charge in [0.2, 0.25) is 0 Å². The second kappa shape index (κ2) is 8.74. The molecule has 0 unspecified atom stereocenters. The summed E-state index contributed by atoms with van der Waals surface area (Å²) < 4.78 is 4.91. The van der Waals surface area contributed by atoms with Crippen LogP contribution in [0.3, 0.4) is 0 Å². The fourth-order valence-electron chi connectivity index (χ4n) is 1.89. The molecule has 0 aliphatic rings. The van der Waals surface area contributed by atoms with Gasteiger partial charge in [-0.2, -0.15) is 0 Å². The van der Waals surface area contributed by atoms with E-state index >= 15 is 0 Å². The summed E-state index contributed by atoms with van der Waals surface area (Å²) in [6, 6.07) is 9.54. The summed E-state index contributed by atoms with van der Waals surface area (Å²) in [4.78, 5) is 36.2. The van der Waals surface area contributed by atoms with E-state index in [9.17, 15) is 19.7 Å². The van der Waals surface area contributed by atoms with Gasteiger partial charge in [0.05, 0.1) is 11.5 Å². The molecule has 1 aromatic carbocycles. The molecule has 0 N–H and O–H groups in total. The van der Waals surface area contributed by atoms with Gasteiger partial charge in [0.1, 0.15) is 0 Å². The largest absolute Gasteiger partial charge is 0.452 e. The number of amides is 1. The summed E-state index contributed by atoms with van der Waals surface area (Å²) in [5.74, 6) is -0.957. The van der Waals surface area contributed by atoms with Crippen LogP contribution in [0.5, 0.6) is 0 Å². The van der Waals surface area contributed by atoms with Gasteiger partial charge in [-0.3, -0.25) is 14.9 Å². The van der Waals surface area contributed by atoms with Crippen LogP contribution >= 0.6 is 11.3 Å². The number of esters is 1. The van der Waals surface area contributed by atoms with E-state index < -0.39 is 10.9 Å². The van der Waals surface area contributed by atoms with E-state index in [2.05, 4.69) is 0 Å². The van der Waals surface area contributed by atoms with Gasteiger partial charge >= 0.3 is 5.97 Å². The standard InChI is InChI=1S/C17H16N2O5S/c1-18(11-15-3-2-10-25-15)16(20)12-24-17(21)9-6-13-4-7-14(8-5-13)19(22)23/h2-10H,11-12H2,1H3/b9-6+. The van der Waals surface area contributed by atoms with Crippen LogP contribution in [-0.2, 0) is 20.9 Å². The number of benzene rings is 1. The lowest BCUT2D eigenvalue weighted by Gasteiger charge is -2.15. The number of rotatable bonds is 7. The molecule has 130 valence electrons. The summed E-state index contributed by atoms with van der Waals surface area (Å²) in [6.07, 6.45) is 2.64. The lowest BCUT2D eigenvalue weighted by molar-refractivity contribution is -0.384.